The van der Waals surface area contributed by atoms with Crippen molar-refractivity contribution >= 4 is 11.6 Å². The van der Waals surface area contributed by atoms with Gasteiger partial charge in [0.25, 0.3) is 5.91 Å². The number of rotatable bonds is 4. The zero-order valence-corrected chi connectivity index (χ0v) is 12.3. The van der Waals surface area contributed by atoms with Crippen molar-refractivity contribution in [2.45, 2.75) is 0 Å². The molecule has 0 aliphatic rings. The van der Waals surface area contributed by atoms with Crippen molar-refractivity contribution in [1.29, 1.82) is 0 Å². The molecule has 2 aromatic heterocycles. The van der Waals surface area contributed by atoms with Crippen molar-refractivity contribution in [2.75, 3.05) is 0 Å². The maximum absolute atomic E-state index is 12.1. The molecule has 0 aliphatic heterocycles. The molecule has 0 unspecified atom stereocenters. The molecule has 1 amide bonds. The minimum Gasteiger partial charge on any atom is -0.267 e. The van der Waals surface area contributed by atoms with Crippen LogP contribution < -0.4 is 5.43 Å². The molecule has 0 atom stereocenters. The summed E-state index contributed by atoms with van der Waals surface area (Å²) in [5.41, 5.74) is 5.17. The Balaban J connectivity index is 1.91. The van der Waals surface area contributed by atoms with Crippen LogP contribution in [0.3, 0.4) is 0 Å². The fourth-order valence-electron chi connectivity index (χ4n) is 2.04. The van der Waals surface area contributed by atoms with Crippen LogP contribution in [0, 0.1) is 0 Å². The summed E-state index contributed by atoms with van der Waals surface area (Å²) in [5, 5.41) is 4.27. The standard InChI is InChI=1S/C18H14N4O/c23-18(15-9-6-11-19-13-15)22-21-17(14-7-2-1-3-8-14)16-10-4-5-12-20-16/h1-13H,(H,22,23)/b21-17-. The van der Waals surface area contributed by atoms with Crippen molar-refractivity contribution in [1.82, 2.24) is 15.4 Å². The van der Waals surface area contributed by atoms with Crippen molar-refractivity contribution in [3.05, 3.63) is 96.1 Å². The van der Waals surface area contributed by atoms with Crippen LogP contribution in [0.5, 0.6) is 0 Å². The number of pyridine rings is 2. The van der Waals surface area contributed by atoms with Gasteiger partial charge in [0.1, 0.15) is 5.71 Å². The van der Waals surface area contributed by atoms with Crippen LogP contribution in [0.15, 0.2) is 84.4 Å². The molecule has 5 nitrogen and oxygen atoms in total. The summed E-state index contributed by atoms with van der Waals surface area (Å²) in [6, 6.07) is 18.5. The highest BCUT2D eigenvalue weighted by atomic mass is 16.2. The number of hydrogen-bond donors (Lipinski definition) is 1. The number of hydrogen-bond acceptors (Lipinski definition) is 4. The maximum atomic E-state index is 12.1. The van der Waals surface area contributed by atoms with E-state index in [1.54, 1.807) is 24.5 Å². The lowest BCUT2D eigenvalue weighted by molar-refractivity contribution is 0.0954. The van der Waals surface area contributed by atoms with Crippen LogP contribution in [0.4, 0.5) is 0 Å². The molecule has 23 heavy (non-hydrogen) atoms. The third-order valence-corrected chi connectivity index (χ3v) is 3.15. The van der Waals surface area contributed by atoms with Gasteiger partial charge in [0, 0.05) is 24.2 Å². The molecule has 0 aliphatic carbocycles. The van der Waals surface area contributed by atoms with Gasteiger partial charge in [0.2, 0.25) is 0 Å². The zero-order chi connectivity index (χ0) is 15.9. The Hall–Kier alpha value is -3.34. The van der Waals surface area contributed by atoms with E-state index in [-0.39, 0.29) is 5.91 Å². The summed E-state index contributed by atoms with van der Waals surface area (Å²) in [6.45, 7) is 0. The van der Waals surface area contributed by atoms with E-state index in [0.29, 0.717) is 17.0 Å². The average molecular weight is 302 g/mol. The van der Waals surface area contributed by atoms with Crippen molar-refractivity contribution in [2.24, 2.45) is 5.10 Å². The molecule has 0 radical (unpaired) electrons. The Morgan fingerprint density at radius 3 is 2.35 bits per heavy atom. The molecule has 0 saturated carbocycles. The first-order chi connectivity index (χ1) is 11.3. The molecular weight excluding hydrogens is 288 g/mol. The van der Waals surface area contributed by atoms with Gasteiger partial charge in [0.05, 0.1) is 11.3 Å². The summed E-state index contributed by atoms with van der Waals surface area (Å²) in [4.78, 5) is 20.4. The maximum Gasteiger partial charge on any atom is 0.272 e. The third kappa shape index (κ3) is 3.65. The monoisotopic (exact) mass is 302 g/mol. The Bertz CT molecular complexity index is 761. The van der Waals surface area contributed by atoms with Crippen molar-refractivity contribution in [3.8, 4) is 0 Å². The molecule has 1 aromatic carbocycles. The zero-order valence-electron chi connectivity index (χ0n) is 12.3. The predicted molar refractivity (Wildman–Crippen MR) is 88.0 cm³/mol. The molecule has 3 aromatic rings. The van der Waals surface area contributed by atoms with Gasteiger partial charge >= 0.3 is 0 Å². The smallest absolute Gasteiger partial charge is 0.267 e. The Labute approximate surface area is 133 Å². The van der Waals surface area contributed by atoms with Gasteiger partial charge in [0.15, 0.2) is 0 Å². The summed E-state index contributed by atoms with van der Waals surface area (Å²) >= 11 is 0. The first-order valence-corrected chi connectivity index (χ1v) is 7.09. The van der Waals surface area contributed by atoms with Gasteiger partial charge in [-0.3, -0.25) is 14.8 Å². The van der Waals surface area contributed by atoms with Crippen LogP contribution in [-0.2, 0) is 0 Å². The first-order valence-electron chi connectivity index (χ1n) is 7.09. The molecule has 0 spiro atoms. The lowest BCUT2D eigenvalue weighted by Crippen LogP contribution is -2.21. The summed E-state index contributed by atoms with van der Waals surface area (Å²) in [7, 11) is 0. The molecule has 0 bridgehead atoms. The van der Waals surface area contributed by atoms with E-state index >= 15 is 0 Å². The summed E-state index contributed by atoms with van der Waals surface area (Å²) in [6.07, 6.45) is 4.80. The summed E-state index contributed by atoms with van der Waals surface area (Å²) in [5.74, 6) is -0.317. The number of benzene rings is 1. The van der Waals surface area contributed by atoms with E-state index in [1.807, 2.05) is 48.5 Å². The number of nitrogens with one attached hydrogen (secondary N) is 1. The number of hydrazone groups is 1. The van der Waals surface area contributed by atoms with E-state index in [1.165, 1.54) is 6.20 Å². The highest BCUT2D eigenvalue weighted by Crippen LogP contribution is 2.08. The molecule has 2 heterocycles. The van der Waals surface area contributed by atoms with Gasteiger partial charge in [-0.05, 0) is 24.3 Å². The van der Waals surface area contributed by atoms with Crippen LogP contribution in [0.2, 0.25) is 0 Å². The van der Waals surface area contributed by atoms with E-state index in [9.17, 15) is 4.79 Å². The van der Waals surface area contributed by atoms with E-state index in [0.717, 1.165) is 5.56 Å². The van der Waals surface area contributed by atoms with Crippen LogP contribution in [0.1, 0.15) is 21.6 Å². The van der Waals surface area contributed by atoms with E-state index in [2.05, 4.69) is 20.5 Å². The van der Waals surface area contributed by atoms with E-state index < -0.39 is 0 Å². The lowest BCUT2D eigenvalue weighted by atomic mass is 10.1. The average Bonchev–Trinajstić information content (AvgIpc) is 2.64. The third-order valence-electron chi connectivity index (χ3n) is 3.15. The van der Waals surface area contributed by atoms with Crippen LogP contribution in [-0.4, -0.2) is 21.6 Å². The highest BCUT2D eigenvalue weighted by molar-refractivity contribution is 6.12. The van der Waals surface area contributed by atoms with E-state index in [4.69, 9.17) is 0 Å². The van der Waals surface area contributed by atoms with Gasteiger partial charge < -0.3 is 0 Å². The number of aromatic nitrogens is 2. The second-order valence-electron chi connectivity index (χ2n) is 4.72. The quantitative estimate of drug-likeness (QED) is 0.595. The van der Waals surface area contributed by atoms with Crippen molar-refractivity contribution in [3.63, 3.8) is 0 Å². The number of carbonyl (C=O) groups excluding carboxylic acids is 1. The topological polar surface area (TPSA) is 67.2 Å². The number of nitrogens with zero attached hydrogens (tertiary/aromatic N) is 3. The minimum atomic E-state index is -0.317. The molecule has 0 saturated heterocycles. The molecular formula is C18H14N4O. The number of carbonyl (C=O) groups is 1. The van der Waals surface area contributed by atoms with Gasteiger partial charge in [-0.25, -0.2) is 5.43 Å². The molecule has 112 valence electrons. The fourth-order valence-corrected chi connectivity index (χ4v) is 2.04. The number of amides is 1. The Kier molecular flexibility index (Phi) is 4.49. The molecule has 3 rings (SSSR count). The SMILES string of the molecule is O=C(N/N=C(/c1ccccc1)c1ccccn1)c1cccnc1. The van der Waals surface area contributed by atoms with Gasteiger partial charge in [-0.2, -0.15) is 5.10 Å². The predicted octanol–water partition coefficient (Wildman–Crippen LogP) is 2.66. The second-order valence-corrected chi connectivity index (χ2v) is 4.72. The van der Waals surface area contributed by atoms with Gasteiger partial charge in [-0.15, -0.1) is 0 Å². The van der Waals surface area contributed by atoms with Crippen molar-refractivity contribution < 1.29 is 4.79 Å². The Morgan fingerprint density at radius 1 is 0.870 bits per heavy atom. The fraction of sp³-hybridized carbons (Fsp3) is 0. The second kappa shape index (κ2) is 7.09. The molecule has 1 N–H and O–H groups in total. The first kappa shape index (κ1) is 14.6. The van der Waals surface area contributed by atoms with Crippen LogP contribution >= 0.6 is 0 Å². The lowest BCUT2D eigenvalue weighted by Gasteiger charge is -2.07. The van der Waals surface area contributed by atoms with Crippen LogP contribution in [0.25, 0.3) is 0 Å². The normalized spacial score (nSPS) is 11.0. The summed E-state index contributed by atoms with van der Waals surface area (Å²) < 4.78 is 0. The largest absolute Gasteiger partial charge is 0.272 e. The minimum absolute atomic E-state index is 0.317. The molecule has 0 fully saturated rings. The molecule has 5 heteroatoms. The Morgan fingerprint density at radius 2 is 1.65 bits per heavy atom. The highest BCUT2D eigenvalue weighted by Gasteiger charge is 2.10. The van der Waals surface area contributed by atoms with Gasteiger partial charge in [-0.1, -0.05) is 36.4 Å².